The first-order valence-corrected chi connectivity index (χ1v) is 9.23. The van der Waals surface area contributed by atoms with E-state index in [0.29, 0.717) is 23.4 Å². The Kier molecular flexibility index (Phi) is 4.69. The summed E-state index contributed by atoms with van der Waals surface area (Å²) >= 11 is 0. The number of hydrogen-bond donors (Lipinski definition) is 1. The molecule has 0 fully saturated rings. The first-order chi connectivity index (χ1) is 13.5. The molecular weight excluding hydrogens is 352 g/mol. The van der Waals surface area contributed by atoms with E-state index < -0.39 is 0 Å². The predicted molar refractivity (Wildman–Crippen MR) is 107 cm³/mol. The van der Waals surface area contributed by atoms with Gasteiger partial charge < -0.3 is 14.4 Å². The van der Waals surface area contributed by atoms with E-state index in [-0.39, 0.29) is 11.9 Å². The third-order valence-electron chi connectivity index (χ3n) is 5.03. The average molecular weight is 374 g/mol. The Morgan fingerprint density at radius 3 is 2.50 bits per heavy atom. The third-order valence-corrected chi connectivity index (χ3v) is 5.03. The zero-order chi connectivity index (χ0) is 19.7. The highest BCUT2D eigenvalue weighted by Gasteiger charge is 2.23. The molecule has 1 N–H and O–H groups in total. The van der Waals surface area contributed by atoms with Crippen molar-refractivity contribution in [1.29, 1.82) is 0 Å². The molecule has 2 aromatic carbocycles. The third kappa shape index (κ3) is 3.29. The Morgan fingerprint density at radius 1 is 1.11 bits per heavy atom. The lowest BCUT2D eigenvalue weighted by atomic mass is 10.0. The summed E-state index contributed by atoms with van der Waals surface area (Å²) in [6.45, 7) is 3.52. The van der Waals surface area contributed by atoms with Gasteiger partial charge in [0.25, 0.3) is 5.91 Å². The summed E-state index contributed by atoms with van der Waals surface area (Å²) in [4.78, 5) is 17.7. The second kappa shape index (κ2) is 7.31. The van der Waals surface area contributed by atoms with Gasteiger partial charge in [-0.05, 0) is 31.5 Å². The zero-order valence-corrected chi connectivity index (χ0v) is 16.1. The molecule has 0 aliphatic carbocycles. The number of aromatic nitrogens is 3. The minimum absolute atomic E-state index is 0.191. The fourth-order valence-electron chi connectivity index (χ4n) is 3.54. The number of benzene rings is 2. The molecule has 0 aliphatic rings. The number of nitrogens with zero attached hydrogens (tertiary/aromatic N) is 3. The van der Waals surface area contributed by atoms with Crippen molar-refractivity contribution in [3.8, 4) is 0 Å². The molecule has 4 aromatic rings. The number of amides is 1. The summed E-state index contributed by atoms with van der Waals surface area (Å²) in [5, 5.41) is 7.04. The lowest BCUT2D eigenvalue weighted by Gasteiger charge is -2.19. The Morgan fingerprint density at radius 2 is 1.82 bits per heavy atom. The number of rotatable bonds is 5. The second-order valence-electron chi connectivity index (χ2n) is 6.92. The van der Waals surface area contributed by atoms with Crippen LogP contribution in [-0.4, -0.2) is 20.6 Å². The summed E-state index contributed by atoms with van der Waals surface area (Å²) in [7, 11) is 2.00. The van der Waals surface area contributed by atoms with Crippen molar-refractivity contribution in [3.05, 3.63) is 83.0 Å². The lowest BCUT2D eigenvalue weighted by molar-refractivity contribution is 0.0934. The van der Waals surface area contributed by atoms with E-state index in [1.54, 1.807) is 13.8 Å². The van der Waals surface area contributed by atoms with Gasteiger partial charge in [-0.15, -0.1) is 0 Å². The van der Waals surface area contributed by atoms with Crippen molar-refractivity contribution >= 4 is 16.9 Å². The van der Waals surface area contributed by atoms with E-state index in [0.717, 1.165) is 22.4 Å². The largest absolute Gasteiger partial charge is 0.361 e. The summed E-state index contributed by atoms with van der Waals surface area (Å²) in [6.07, 6.45) is 0.574. The topological polar surface area (TPSA) is 73.0 Å². The van der Waals surface area contributed by atoms with E-state index in [2.05, 4.69) is 15.0 Å². The number of nitrogens with one attached hydrogen (secondary N) is 1. The molecule has 2 heterocycles. The first kappa shape index (κ1) is 18.0. The molecule has 28 heavy (non-hydrogen) atoms. The van der Waals surface area contributed by atoms with Crippen LogP contribution in [0.4, 0.5) is 0 Å². The van der Waals surface area contributed by atoms with E-state index in [9.17, 15) is 4.79 Å². The van der Waals surface area contributed by atoms with Crippen LogP contribution in [0.15, 0.2) is 59.1 Å². The SMILES string of the molecule is Cc1noc(C)c1C(=O)NC(Cc1nc2ccccc2n1C)c1ccccc1. The maximum atomic E-state index is 12.9. The summed E-state index contributed by atoms with van der Waals surface area (Å²) in [5.74, 6) is 1.24. The summed E-state index contributed by atoms with van der Waals surface area (Å²) < 4.78 is 7.23. The molecule has 0 saturated heterocycles. The van der Waals surface area contributed by atoms with Crippen LogP contribution >= 0.6 is 0 Å². The summed E-state index contributed by atoms with van der Waals surface area (Å²) in [6, 6.07) is 17.7. The number of imidazole rings is 1. The number of para-hydroxylation sites is 2. The monoisotopic (exact) mass is 374 g/mol. The van der Waals surface area contributed by atoms with Gasteiger partial charge in [0.05, 0.1) is 22.8 Å². The predicted octanol–water partition coefficient (Wildman–Crippen LogP) is 3.89. The van der Waals surface area contributed by atoms with Crippen LogP contribution in [0.3, 0.4) is 0 Å². The van der Waals surface area contributed by atoms with Gasteiger partial charge in [-0.3, -0.25) is 4.79 Å². The number of hydrogen-bond acceptors (Lipinski definition) is 4. The molecule has 0 spiro atoms. The molecule has 1 atom stereocenters. The molecular formula is C22H22N4O2. The van der Waals surface area contributed by atoms with Gasteiger partial charge >= 0.3 is 0 Å². The standard InChI is InChI=1S/C22H22N4O2/c1-14-21(15(2)28-25-14)22(27)24-18(16-9-5-4-6-10-16)13-20-23-17-11-7-8-12-19(17)26(20)3/h4-12,18H,13H2,1-3H3,(H,24,27). The number of fused-ring (bicyclic) bond motifs is 1. The maximum Gasteiger partial charge on any atom is 0.257 e. The second-order valence-corrected chi connectivity index (χ2v) is 6.92. The van der Waals surface area contributed by atoms with Crippen LogP contribution in [-0.2, 0) is 13.5 Å². The van der Waals surface area contributed by atoms with Crippen LogP contribution < -0.4 is 5.32 Å². The van der Waals surface area contributed by atoms with Gasteiger partial charge in [0.1, 0.15) is 17.1 Å². The van der Waals surface area contributed by atoms with Crippen molar-refractivity contribution < 1.29 is 9.32 Å². The van der Waals surface area contributed by atoms with Gasteiger partial charge in [0.15, 0.2) is 0 Å². The van der Waals surface area contributed by atoms with Crippen LogP contribution in [0.25, 0.3) is 11.0 Å². The van der Waals surface area contributed by atoms with Gasteiger partial charge in [-0.1, -0.05) is 47.6 Å². The van der Waals surface area contributed by atoms with E-state index in [4.69, 9.17) is 9.51 Å². The fraction of sp³-hybridized carbons (Fsp3) is 0.227. The smallest absolute Gasteiger partial charge is 0.257 e. The maximum absolute atomic E-state index is 12.9. The molecule has 0 radical (unpaired) electrons. The minimum Gasteiger partial charge on any atom is -0.361 e. The number of aryl methyl sites for hydroxylation is 3. The highest BCUT2D eigenvalue weighted by Crippen LogP contribution is 2.23. The van der Waals surface area contributed by atoms with E-state index in [1.165, 1.54) is 0 Å². The van der Waals surface area contributed by atoms with Crippen LogP contribution in [0, 0.1) is 13.8 Å². The lowest BCUT2D eigenvalue weighted by Crippen LogP contribution is -2.31. The number of carbonyl (C=O) groups excluding carboxylic acids is 1. The number of carbonyl (C=O) groups is 1. The highest BCUT2D eigenvalue weighted by atomic mass is 16.5. The molecule has 0 saturated carbocycles. The van der Waals surface area contributed by atoms with Crippen LogP contribution in [0.5, 0.6) is 0 Å². The molecule has 0 bridgehead atoms. The average Bonchev–Trinajstić information content (AvgIpc) is 3.21. The quantitative estimate of drug-likeness (QED) is 0.575. The highest BCUT2D eigenvalue weighted by molar-refractivity contribution is 5.96. The molecule has 6 nitrogen and oxygen atoms in total. The first-order valence-electron chi connectivity index (χ1n) is 9.23. The van der Waals surface area contributed by atoms with Crippen molar-refractivity contribution in [2.45, 2.75) is 26.3 Å². The fourth-order valence-corrected chi connectivity index (χ4v) is 3.54. The van der Waals surface area contributed by atoms with Gasteiger partial charge in [-0.25, -0.2) is 4.98 Å². The van der Waals surface area contributed by atoms with E-state index >= 15 is 0 Å². The molecule has 1 amide bonds. The zero-order valence-electron chi connectivity index (χ0n) is 16.1. The van der Waals surface area contributed by atoms with Gasteiger partial charge in [-0.2, -0.15) is 0 Å². The molecule has 142 valence electrons. The van der Waals surface area contributed by atoms with E-state index in [1.807, 2.05) is 61.6 Å². The Hall–Kier alpha value is -3.41. The molecule has 2 aromatic heterocycles. The van der Waals surface area contributed by atoms with Gasteiger partial charge in [0.2, 0.25) is 0 Å². The minimum atomic E-state index is -0.224. The molecule has 4 rings (SSSR count). The molecule has 0 aliphatic heterocycles. The molecule has 6 heteroatoms. The Bertz CT molecular complexity index is 1110. The van der Waals surface area contributed by atoms with Crippen LogP contribution in [0.1, 0.15) is 39.2 Å². The normalized spacial score (nSPS) is 12.2. The van der Waals surface area contributed by atoms with Crippen LogP contribution in [0.2, 0.25) is 0 Å². The van der Waals surface area contributed by atoms with Gasteiger partial charge in [0, 0.05) is 13.5 Å². The van der Waals surface area contributed by atoms with Crippen molar-refractivity contribution in [2.75, 3.05) is 0 Å². The molecule has 1 unspecified atom stereocenters. The summed E-state index contributed by atoms with van der Waals surface area (Å²) in [5.41, 5.74) is 4.12. The van der Waals surface area contributed by atoms with Crippen molar-refractivity contribution in [2.24, 2.45) is 7.05 Å². The van der Waals surface area contributed by atoms with Crippen molar-refractivity contribution in [1.82, 2.24) is 20.0 Å². The Balaban J connectivity index is 1.68. The van der Waals surface area contributed by atoms with Crippen molar-refractivity contribution in [3.63, 3.8) is 0 Å². The Labute approximate surface area is 163 Å².